The van der Waals surface area contributed by atoms with Gasteiger partial charge in [-0.15, -0.1) is 0 Å². The monoisotopic (exact) mass is 247 g/mol. The Morgan fingerprint density at radius 3 is 1.00 bits per heavy atom. The van der Waals surface area contributed by atoms with Crippen LogP contribution in [-0.4, -0.2) is 48.7 Å². The van der Waals surface area contributed by atoms with Crippen molar-refractivity contribution in [1.82, 2.24) is 0 Å². The molecule has 25 valence electrons. The van der Waals surface area contributed by atoms with E-state index in [1.165, 1.54) is 0 Å². The first-order valence-corrected chi connectivity index (χ1v) is 0. The van der Waals surface area contributed by atoms with Gasteiger partial charge in [-0.3, -0.25) is 0 Å². The molecule has 0 aromatic rings. The summed E-state index contributed by atoms with van der Waals surface area (Å²) in [5.41, 5.74) is 0. The molecular formula is CaCoFeSiZn. The van der Waals surface area contributed by atoms with E-state index >= 15 is 0 Å². The fourth-order valence-electron chi connectivity index (χ4n) is 0. The molecule has 0 fully saturated rings. The normalized spacial score (nSPS) is 0. The van der Waals surface area contributed by atoms with Crippen molar-refractivity contribution in [3.8, 4) is 0 Å². The van der Waals surface area contributed by atoms with Gasteiger partial charge in [0.15, 0.2) is 0 Å². The van der Waals surface area contributed by atoms with E-state index in [2.05, 4.69) is 0 Å². The van der Waals surface area contributed by atoms with Crippen LogP contribution in [0.1, 0.15) is 0 Å². The molecular weight excluding hydrogens is 248 g/mol. The predicted molar refractivity (Wildman–Crippen MR) is 11.5 cm³/mol. The molecule has 0 aliphatic heterocycles. The second-order valence-corrected chi connectivity index (χ2v) is 0. The summed E-state index contributed by atoms with van der Waals surface area (Å²) in [6.07, 6.45) is 0. The minimum atomic E-state index is 0. The molecule has 0 bridgehead atoms. The minimum Gasteiger partial charge on any atom is 0 e. The summed E-state index contributed by atoms with van der Waals surface area (Å²) in [6.45, 7) is 0. The van der Waals surface area contributed by atoms with Crippen molar-refractivity contribution in [2.75, 3.05) is 0 Å². The van der Waals surface area contributed by atoms with E-state index in [-0.39, 0.29) is 102 Å². The molecule has 7 radical (unpaired) electrons. The Hall–Kier alpha value is 3.13. The molecule has 0 saturated carbocycles. The zero-order chi connectivity index (χ0) is 0. The maximum absolute atomic E-state index is 0. The average Bonchev–Trinajstić information content (AvgIpc) is 0. The molecule has 0 heterocycles. The van der Waals surface area contributed by atoms with Gasteiger partial charge >= 0.3 is 0 Å². The zero-order valence-corrected chi connectivity index (χ0v) is 10.9. The number of hydrogen-bond acceptors (Lipinski definition) is 0. The van der Waals surface area contributed by atoms with Gasteiger partial charge in [-0.1, -0.05) is 0 Å². The van der Waals surface area contributed by atoms with Gasteiger partial charge in [0.1, 0.15) is 0 Å². The number of rotatable bonds is 0. The third kappa shape index (κ3) is 19.2. The molecule has 0 nitrogen and oxygen atoms in total. The van der Waals surface area contributed by atoms with Crippen molar-refractivity contribution in [2.24, 2.45) is 0 Å². The first-order valence-electron chi connectivity index (χ1n) is 0. The van der Waals surface area contributed by atoms with Gasteiger partial charge in [-0.05, 0) is 0 Å². The van der Waals surface area contributed by atoms with Gasteiger partial charge in [-0.2, -0.15) is 0 Å². The Labute approximate surface area is 100 Å². The number of hydrogen-bond donors (Lipinski definition) is 0. The Morgan fingerprint density at radius 1 is 1.00 bits per heavy atom. The van der Waals surface area contributed by atoms with Crippen LogP contribution in [0.4, 0.5) is 0 Å². The molecule has 0 unspecified atom stereocenters. The fourth-order valence-corrected chi connectivity index (χ4v) is 0. The van der Waals surface area contributed by atoms with Gasteiger partial charge in [0.05, 0.1) is 0 Å². The van der Waals surface area contributed by atoms with E-state index in [1.54, 1.807) is 0 Å². The van der Waals surface area contributed by atoms with Gasteiger partial charge in [-0.25, -0.2) is 0 Å². The molecule has 0 aliphatic rings. The fraction of sp³-hybridized carbons (Fsp3) is 0. The molecule has 0 aliphatic carbocycles. The average molecular weight is 248 g/mol. The van der Waals surface area contributed by atoms with Crippen LogP contribution in [-0.2, 0) is 53.3 Å². The smallest absolute Gasteiger partial charge is 0 e. The summed E-state index contributed by atoms with van der Waals surface area (Å²) < 4.78 is 0. The molecule has 0 aromatic carbocycles. The van der Waals surface area contributed by atoms with Crippen LogP contribution in [0.5, 0.6) is 0 Å². The molecule has 0 rings (SSSR count). The topological polar surface area (TPSA) is 0 Å². The maximum atomic E-state index is 0. The Bertz CT molecular complexity index is 11.6. The third-order valence-electron chi connectivity index (χ3n) is 0. The summed E-state index contributed by atoms with van der Waals surface area (Å²) in [4.78, 5) is 0. The van der Waals surface area contributed by atoms with Crippen molar-refractivity contribution >= 4 is 48.7 Å². The molecule has 0 aromatic heterocycles. The molecule has 0 saturated heterocycles. The van der Waals surface area contributed by atoms with Gasteiger partial charge in [0.25, 0.3) is 0 Å². The molecule has 0 atom stereocenters. The van der Waals surface area contributed by atoms with Gasteiger partial charge in [0.2, 0.25) is 0 Å². The van der Waals surface area contributed by atoms with Crippen molar-refractivity contribution < 1.29 is 53.3 Å². The second-order valence-electron chi connectivity index (χ2n) is 0. The van der Waals surface area contributed by atoms with E-state index in [4.69, 9.17) is 0 Å². The first kappa shape index (κ1) is 42.2. The summed E-state index contributed by atoms with van der Waals surface area (Å²) in [6, 6.07) is 0. The molecule has 0 amide bonds. The Balaban J connectivity index is 0. The maximum Gasteiger partial charge on any atom is 0 e. The van der Waals surface area contributed by atoms with Crippen LogP contribution >= 0.6 is 0 Å². The van der Waals surface area contributed by atoms with E-state index in [1.807, 2.05) is 0 Å². The first-order chi connectivity index (χ1) is 0. The van der Waals surface area contributed by atoms with E-state index in [9.17, 15) is 0 Å². The van der Waals surface area contributed by atoms with E-state index in [0.717, 1.165) is 0 Å². The van der Waals surface area contributed by atoms with Crippen molar-refractivity contribution in [3.05, 3.63) is 0 Å². The van der Waals surface area contributed by atoms with Crippen LogP contribution in [0.25, 0.3) is 0 Å². The predicted octanol–water partition coefficient (Wildman–Crippen LogP) is -0.769. The van der Waals surface area contributed by atoms with E-state index in [0.29, 0.717) is 0 Å². The third-order valence-corrected chi connectivity index (χ3v) is 0. The summed E-state index contributed by atoms with van der Waals surface area (Å²) in [7, 11) is 0. The minimum absolute atomic E-state index is 0. The molecule has 5 heteroatoms. The van der Waals surface area contributed by atoms with Crippen molar-refractivity contribution in [3.63, 3.8) is 0 Å². The molecule has 0 N–H and O–H groups in total. The van der Waals surface area contributed by atoms with Crippen LogP contribution < -0.4 is 0 Å². The van der Waals surface area contributed by atoms with Gasteiger partial charge in [0, 0.05) is 102 Å². The molecule has 0 spiro atoms. The molecule has 5 heavy (non-hydrogen) atoms. The van der Waals surface area contributed by atoms with E-state index < -0.39 is 0 Å². The summed E-state index contributed by atoms with van der Waals surface area (Å²) >= 11 is 0. The van der Waals surface area contributed by atoms with Crippen LogP contribution in [0.15, 0.2) is 0 Å². The van der Waals surface area contributed by atoms with Crippen molar-refractivity contribution in [2.45, 2.75) is 0 Å². The van der Waals surface area contributed by atoms with Crippen LogP contribution in [0, 0.1) is 0 Å². The van der Waals surface area contributed by atoms with Gasteiger partial charge < -0.3 is 0 Å². The largest absolute Gasteiger partial charge is 0 e. The van der Waals surface area contributed by atoms with Crippen molar-refractivity contribution in [1.29, 1.82) is 0 Å². The Morgan fingerprint density at radius 2 is 1.00 bits per heavy atom. The Kier molecular flexibility index (Phi) is 231. The summed E-state index contributed by atoms with van der Waals surface area (Å²) in [5.74, 6) is 0. The SMILES string of the molecule is [Ca].[Co].[Fe].[Si].[Zn]. The quantitative estimate of drug-likeness (QED) is 0.494. The zero-order valence-electron chi connectivity index (χ0n) is 2.60. The second kappa shape index (κ2) is 27.4. The standard InChI is InChI=1S/Ca.Co.Fe.Si.Zn. The summed E-state index contributed by atoms with van der Waals surface area (Å²) in [5, 5.41) is 0. The van der Waals surface area contributed by atoms with Crippen LogP contribution in [0.3, 0.4) is 0 Å². The van der Waals surface area contributed by atoms with Crippen LogP contribution in [0.2, 0.25) is 0 Å².